The first-order valence-corrected chi connectivity index (χ1v) is 24.1. The van der Waals surface area contributed by atoms with Crippen molar-refractivity contribution in [2.75, 3.05) is 4.90 Å². The van der Waals surface area contributed by atoms with Gasteiger partial charge in [0.05, 0.1) is 11.4 Å². The molecule has 0 spiro atoms. The third-order valence-electron chi connectivity index (χ3n) is 14.4. The molecule has 70 heavy (non-hydrogen) atoms. The fourth-order valence-corrected chi connectivity index (χ4v) is 10.9. The summed E-state index contributed by atoms with van der Waals surface area (Å²) in [4.78, 5) is 2.40. The molecule has 1 aromatic heterocycles. The van der Waals surface area contributed by atoms with Crippen molar-refractivity contribution in [1.29, 1.82) is 0 Å². The van der Waals surface area contributed by atoms with Gasteiger partial charge >= 0.3 is 0 Å². The zero-order valence-electron chi connectivity index (χ0n) is 38.2. The summed E-state index contributed by atoms with van der Waals surface area (Å²) >= 11 is 0. The van der Waals surface area contributed by atoms with Gasteiger partial charge in [0.25, 0.3) is 0 Å². The molecule has 0 fully saturated rings. The van der Waals surface area contributed by atoms with Crippen molar-refractivity contribution in [2.45, 2.75) is 0 Å². The molecule has 0 amide bonds. The van der Waals surface area contributed by atoms with Crippen LogP contribution in [0, 0.1) is 0 Å². The number of fused-ring (bicyclic) bond motifs is 9. The SMILES string of the molecule is c1ccc(-c2cc3ccccc3c3c2oc2c(N(c4ccc(-c5ccc6cc(-c7ccc8ccccc8c7)ccc6c5)cc4)c4cccc5c(-c6ccc7ccccc7c6)cccc45)cccc23)cc1. The molecule has 0 aliphatic heterocycles. The number of furan rings is 1. The number of nitrogens with zero attached hydrogens (tertiary/aromatic N) is 1. The lowest BCUT2D eigenvalue weighted by Gasteiger charge is -2.27. The molecule has 14 rings (SSSR count). The van der Waals surface area contributed by atoms with E-state index < -0.39 is 0 Å². The van der Waals surface area contributed by atoms with Crippen LogP contribution in [0.1, 0.15) is 0 Å². The Hall–Kier alpha value is -9.24. The summed E-state index contributed by atoms with van der Waals surface area (Å²) in [5.41, 5.74) is 14.2. The number of anilines is 3. The highest BCUT2D eigenvalue weighted by Crippen LogP contribution is 2.48. The number of hydrogen-bond donors (Lipinski definition) is 0. The van der Waals surface area contributed by atoms with E-state index >= 15 is 0 Å². The van der Waals surface area contributed by atoms with Crippen molar-refractivity contribution in [2.24, 2.45) is 0 Å². The van der Waals surface area contributed by atoms with Crippen molar-refractivity contribution in [3.63, 3.8) is 0 Å². The minimum Gasteiger partial charge on any atom is -0.453 e. The van der Waals surface area contributed by atoms with Crippen LogP contribution in [0.4, 0.5) is 17.1 Å². The molecule has 14 aromatic rings. The molecule has 0 saturated heterocycles. The van der Waals surface area contributed by atoms with Crippen LogP contribution in [0.5, 0.6) is 0 Å². The molecule has 0 aliphatic rings. The fourth-order valence-electron chi connectivity index (χ4n) is 10.9. The molecular formula is C68H43NO. The van der Waals surface area contributed by atoms with Crippen LogP contribution in [0.2, 0.25) is 0 Å². The Kier molecular flexibility index (Phi) is 9.25. The minimum atomic E-state index is 0.843. The second-order valence-electron chi connectivity index (χ2n) is 18.4. The van der Waals surface area contributed by atoms with Gasteiger partial charge < -0.3 is 9.32 Å². The minimum absolute atomic E-state index is 0.843. The van der Waals surface area contributed by atoms with Crippen LogP contribution < -0.4 is 4.90 Å². The Morgan fingerprint density at radius 2 is 0.729 bits per heavy atom. The van der Waals surface area contributed by atoms with E-state index in [-0.39, 0.29) is 0 Å². The molecule has 0 N–H and O–H groups in total. The monoisotopic (exact) mass is 889 g/mol. The molecule has 0 radical (unpaired) electrons. The quantitative estimate of drug-likeness (QED) is 0.159. The highest BCUT2D eigenvalue weighted by atomic mass is 16.3. The third kappa shape index (κ3) is 6.64. The Bertz CT molecular complexity index is 4350. The third-order valence-corrected chi connectivity index (χ3v) is 14.4. The van der Waals surface area contributed by atoms with E-state index in [0.29, 0.717) is 0 Å². The molecule has 2 nitrogen and oxygen atoms in total. The first-order valence-electron chi connectivity index (χ1n) is 24.1. The highest BCUT2D eigenvalue weighted by Gasteiger charge is 2.24. The highest BCUT2D eigenvalue weighted by molar-refractivity contribution is 6.24. The van der Waals surface area contributed by atoms with E-state index in [1.165, 1.54) is 76.3 Å². The molecule has 0 unspecified atom stereocenters. The average Bonchev–Trinajstić information content (AvgIpc) is 3.84. The van der Waals surface area contributed by atoms with Gasteiger partial charge in [0.2, 0.25) is 0 Å². The van der Waals surface area contributed by atoms with Gasteiger partial charge in [-0.2, -0.15) is 0 Å². The van der Waals surface area contributed by atoms with Crippen LogP contribution in [0.25, 0.3) is 120 Å². The number of para-hydroxylation sites is 1. The lowest BCUT2D eigenvalue weighted by Crippen LogP contribution is -2.11. The van der Waals surface area contributed by atoms with Gasteiger partial charge in [0.15, 0.2) is 5.58 Å². The first kappa shape index (κ1) is 39.9. The molecule has 0 bridgehead atoms. The molecule has 13 aromatic carbocycles. The van der Waals surface area contributed by atoms with Gasteiger partial charge in [-0.05, 0) is 142 Å². The Morgan fingerprint density at radius 1 is 0.243 bits per heavy atom. The van der Waals surface area contributed by atoms with E-state index in [1.54, 1.807) is 0 Å². The average molecular weight is 890 g/mol. The standard InChI is InChI=1S/C68H43NO/c1-2-15-47(16-3-1)63-43-55-19-8-9-20-59(55)66-62-24-12-26-65(67(62)70-68(63)66)69(64-25-11-22-60-58(21-10-23-61(60)64)56-34-28-45-14-5-7-18-49(45)42-56)57-37-35-46(36-38-57)50-30-31-53-41-54(33-32-52(53)40-50)51-29-27-44-13-4-6-17-48(44)39-51/h1-43H. The van der Waals surface area contributed by atoms with Gasteiger partial charge in [0.1, 0.15) is 5.58 Å². The molecule has 0 aliphatic carbocycles. The normalized spacial score (nSPS) is 11.7. The van der Waals surface area contributed by atoms with Crippen molar-refractivity contribution in [3.8, 4) is 44.5 Å². The molecule has 326 valence electrons. The van der Waals surface area contributed by atoms with E-state index in [1.807, 2.05) is 0 Å². The zero-order chi connectivity index (χ0) is 46.1. The summed E-state index contributed by atoms with van der Waals surface area (Å²) in [6, 6.07) is 95.0. The molecule has 1 heterocycles. The van der Waals surface area contributed by atoms with Crippen molar-refractivity contribution in [3.05, 3.63) is 261 Å². The maximum atomic E-state index is 7.29. The van der Waals surface area contributed by atoms with Crippen LogP contribution >= 0.6 is 0 Å². The summed E-state index contributed by atoms with van der Waals surface area (Å²) in [6.45, 7) is 0. The van der Waals surface area contributed by atoms with Gasteiger partial charge in [-0.3, -0.25) is 0 Å². The van der Waals surface area contributed by atoms with Crippen molar-refractivity contribution < 1.29 is 4.42 Å². The van der Waals surface area contributed by atoms with E-state index in [2.05, 4.69) is 266 Å². The lowest BCUT2D eigenvalue weighted by atomic mass is 9.94. The summed E-state index contributed by atoms with van der Waals surface area (Å²) in [5, 5.41) is 14.3. The number of rotatable bonds is 7. The topological polar surface area (TPSA) is 16.4 Å². The zero-order valence-corrected chi connectivity index (χ0v) is 38.2. The Labute approximate surface area is 405 Å². The summed E-state index contributed by atoms with van der Waals surface area (Å²) in [6.07, 6.45) is 0. The number of hydrogen-bond acceptors (Lipinski definition) is 2. The Balaban J connectivity index is 0.933. The smallest absolute Gasteiger partial charge is 0.159 e. The van der Waals surface area contributed by atoms with Crippen LogP contribution in [-0.4, -0.2) is 0 Å². The van der Waals surface area contributed by atoms with Gasteiger partial charge in [-0.15, -0.1) is 0 Å². The Morgan fingerprint density at radius 3 is 1.43 bits per heavy atom. The summed E-state index contributed by atoms with van der Waals surface area (Å²) in [5.74, 6) is 0. The number of benzene rings is 13. The largest absolute Gasteiger partial charge is 0.453 e. The molecule has 0 saturated carbocycles. The summed E-state index contributed by atoms with van der Waals surface area (Å²) < 4.78 is 7.29. The van der Waals surface area contributed by atoms with Crippen molar-refractivity contribution >= 4 is 92.9 Å². The van der Waals surface area contributed by atoms with Crippen LogP contribution in [-0.2, 0) is 0 Å². The maximum absolute atomic E-state index is 7.29. The van der Waals surface area contributed by atoms with Gasteiger partial charge in [-0.1, -0.05) is 206 Å². The van der Waals surface area contributed by atoms with E-state index in [0.717, 1.165) is 61.1 Å². The van der Waals surface area contributed by atoms with Gasteiger partial charge in [0, 0.05) is 27.4 Å². The lowest BCUT2D eigenvalue weighted by molar-refractivity contribution is 0.670. The predicted octanol–water partition coefficient (Wildman–Crippen LogP) is 19.5. The van der Waals surface area contributed by atoms with E-state index in [4.69, 9.17) is 4.42 Å². The maximum Gasteiger partial charge on any atom is 0.159 e. The van der Waals surface area contributed by atoms with Crippen LogP contribution in [0.15, 0.2) is 265 Å². The second kappa shape index (κ2) is 16.2. The predicted molar refractivity (Wildman–Crippen MR) is 298 cm³/mol. The van der Waals surface area contributed by atoms with Crippen molar-refractivity contribution in [1.82, 2.24) is 0 Å². The fraction of sp³-hybridized carbons (Fsp3) is 0. The molecule has 2 heteroatoms. The second-order valence-corrected chi connectivity index (χ2v) is 18.4. The van der Waals surface area contributed by atoms with Gasteiger partial charge in [-0.25, -0.2) is 0 Å². The molecular weight excluding hydrogens is 847 g/mol. The van der Waals surface area contributed by atoms with E-state index in [9.17, 15) is 0 Å². The first-order chi connectivity index (χ1) is 34.7. The molecule has 0 atom stereocenters. The van der Waals surface area contributed by atoms with Crippen LogP contribution in [0.3, 0.4) is 0 Å². The summed E-state index contributed by atoms with van der Waals surface area (Å²) in [7, 11) is 0.